The van der Waals surface area contributed by atoms with Crippen LogP contribution in [0.25, 0.3) is 20.2 Å². The van der Waals surface area contributed by atoms with Crippen LogP contribution in [0.1, 0.15) is 31.9 Å². The minimum absolute atomic E-state index is 0.0624. The van der Waals surface area contributed by atoms with Crippen LogP contribution in [0.4, 0.5) is 11.4 Å². The second-order valence-corrected chi connectivity index (χ2v) is 8.90. The van der Waals surface area contributed by atoms with Crippen molar-refractivity contribution in [3.63, 3.8) is 0 Å². The Morgan fingerprint density at radius 3 is 2.15 bits per heavy atom. The predicted octanol–water partition coefficient (Wildman–Crippen LogP) is 6.99. The number of hydrogen-bond acceptors (Lipinski definition) is 3. The summed E-state index contributed by atoms with van der Waals surface area (Å²) >= 11 is 1.71. The van der Waals surface area contributed by atoms with Gasteiger partial charge in [0.25, 0.3) is 0 Å². The van der Waals surface area contributed by atoms with Gasteiger partial charge in [0.1, 0.15) is 6.07 Å². The van der Waals surface area contributed by atoms with Gasteiger partial charge in [-0.1, -0.05) is 63.2 Å². The van der Waals surface area contributed by atoms with Crippen LogP contribution in [0.5, 0.6) is 0 Å². The second kappa shape index (κ2) is 6.40. The lowest BCUT2D eigenvalue weighted by molar-refractivity contribution is 0.590. The van der Waals surface area contributed by atoms with E-state index in [1.807, 2.05) is 12.1 Å². The van der Waals surface area contributed by atoms with Crippen LogP contribution >= 0.6 is 11.3 Å². The maximum atomic E-state index is 9.49. The van der Waals surface area contributed by atoms with Crippen molar-refractivity contribution in [2.75, 3.05) is 11.9 Å². The van der Waals surface area contributed by atoms with Gasteiger partial charge in [-0.15, -0.1) is 11.3 Å². The van der Waals surface area contributed by atoms with Crippen LogP contribution in [-0.4, -0.2) is 7.05 Å². The first kappa shape index (κ1) is 17.6. The lowest BCUT2D eigenvalue weighted by Gasteiger charge is -2.29. The number of nitriles is 1. The van der Waals surface area contributed by atoms with E-state index in [9.17, 15) is 5.26 Å². The zero-order chi connectivity index (χ0) is 19.2. The van der Waals surface area contributed by atoms with Crippen molar-refractivity contribution in [3.05, 3.63) is 71.8 Å². The highest BCUT2D eigenvalue weighted by Crippen LogP contribution is 2.43. The maximum absolute atomic E-state index is 9.49. The number of anilines is 2. The largest absolute Gasteiger partial charge is 0.343 e. The highest BCUT2D eigenvalue weighted by atomic mass is 32.1. The Balaban J connectivity index is 1.97. The average molecular weight is 371 g/mol. The molecule has 0 bridgehead atoms. The monoisotopic (exact) mass is 370 g/mol. The lowest BCUT2D eigenvalue weighted by atomic mass is 9.85. The van der Waals surface area contributed by atoms with E-state index in [0.29, 0.717) is 0 Å². The van der Waals surface area contributed by atoms with Gasteiger partial charge in [-0.25, -0.2) is 0 Å². The molecular weight excluding hydrogens is 348 g/mol. The molecule has 2 nitrogen and oxygen atoms in total. The van der Waals surface area contributed by atoms with Crippen molar-refractivity contribution >= 4 is 42.9 Å². The van der Waals surface area contributed by atoms with Gasteiger partial charge in [0.2, 0.25) is 0 Å². The van der Waals surface area contributed by atoms with E-state index in [-0.39, 0.29) is 5.41 Å². The molecule has 0 fully saturated rings. The van der Waals surface area contributed by atoms with E-state index < -0.39 is 0 Å². The third-order valence-corrected chi connectivity index (χ3v) is 6.34. The van der Waals surface area contributed by atoms with Gasteiger partial charge in [-0.3, -0.25) is 0 Å². The Kier molecular flexibility index (Phi) is 4.17. The minimum Gasteiger partial charge on any atom is -0.343 e. The predicted molar refractivity (Wildman–Crippen MR) is 117 cm³/mol. The third-order valence-electron chi connectivity index (χ3n) is 5.06. The van der Waals surface area contributed by atoms with Crippen molar-refractivity contribution in [1.29, 1.82) is 5.26 Å². The summed E-state index contributed by atoms with van der Waals surface area (Å²) in [5.74, 6) is 0. The molecule has 0 unspecified atom stereocenters. The Bertz CT molecular complexity index is 1190. The zero-order valence-corrected chi connectivity index (χ0v) is 16.9. The molecule has 4 rings (SSSR count). The fourth-order valence-corrected chi connectivity index (χ4v) is 5.00. The van der Waals surface area contributed by atoms with Crippen LogP contribution in [0, 0.1) is 11.3 Å². The number of rotatable bonds is 2. The maximum Gasteiger partial charge on any atom is 0.101 e. The van der Waals surface area contributed by atoms with E-state index in [2.05, 4.69) is 87.3 Å². The molecule has 0 saturated heterocycles. The first-order chi connectivity index (χ1) is 12.9. The summed E-state index contributed by atoms with van der Waals surface area (Å²) in [4.78, 5) is 2.28. The van der Waals surface area contributed by atoms with Crippen LogP contribution < -0.4 is 4.90 Å². The summed E-state index contributed by atoms with van der Waals surface area (Å²) in [5, 5.41) is 11.9. The number of para-hydroxylation sites is 1. The van der Waals surface area contributed by atoms with Crippen LogP contribution in [0.15, 0.2) is 60.7 Å². The molecule has 0 aliphatic heterocycles. The molecule has 1 heterocycles. The molecule has 134 valence electrons. The molecule has 0 saturated carbocycles. The highest BCUT2D eigenvalue weighted by Gasteiger charge is 2.21. The standard InChI is InChI=1S/C24H22N2S/c1-24(2,3)19-12-5-6-13-20(19)26(4)21-14-8-11-18-17-10-7-9-16(15-25)22(17)27-23(18)21/h5-14H,1-4H3. The molecular formula is C24H22N2S. The number of fused-ring (bicyclic) bond motifs is 3. The quantitative estimate of drug-likeness (QED) is 0.380. The first-order valence-electron chi connectivity index (χ1n) is 9.09. The molecule has 1 aromatic heterocycles. The second-order valence-electron chi connectivity index (χ2n) is 7.88. The molecule has 0 spiro atoms. The van der Waals surface area contributed by atoms with Crippen molar-refractivity contribution < 1.29 is 0 Å². The molecule has 0 N–H and O–H groups in total. The van der Waals surface area contributed by atoms with Gasteiger partial charge in [0.15, 0.2) is 0 Å². The number of thiophene rings is 1. The molecule has 0 aliphatic carbocycles. The van der Waals surface area contributed by atoms with Crippen molar-refractivity contribution in [1.82, 2.24) is 0 Å². The fraction of sp³-hybridized carbons (Fsp3) is 0.208. The van der Waals surface area contributed by atoms with Crippen LogP contribution in [-0.2, 0) is 5.41 Å². The van der Waals surface area contributed by atoms with Gasteiger partial charge >= 0.3 is 0 Å². The first-order valence-corrected chi connectivity index (χ1v) is 9.91. The minimum atomic E-state index is 0.0624. The summed E-state index contributed by atoms with van der Waals surface area (Å²) in [6.07, 6.45) is 0. The van der Waals surface area contributed by atoms with Gasteiger partial charge < -0.3 is 4.90 Å². The van der Waals surface area contributed by atoms with E-state index >= 15 is 0 Å². The van der Waals surface area contributed by atoms with Crippen molar-refractivity contribution in [2.45, 2.75) is 26.2 Å². The van der Waals surface area contributed by atoms with Gasteiger partial charge in [-0.05, 0) is 29.2 Å². The molecule has 0 amide bonds. The summed E-state index contributed by atoms with van der Waals surface area (Å²) in [5.41, 5.74) is 4.53. The molecule has 27 heavy (non-hydrogen) atoms. The molecule has 4 aromatic rings. The van der Waals surface area contributed by atoms with Crippen molar-refractivity contribution in [2.24, 2.45) is 0 Å². The number of benzene rings is 3. The van der Waals surface area contributed by atoms with Gasteiger partial charge in [-0.2, -0.15) is 5.26 Å². The normalized spacial score (nSPS) is 11.7. The molecule has 3 aromatic carbocycles. The number of nitrogens with zero attached hydrogens (tertiary/aromatic N) is 2. The summed E-state index contributed by atoms with van der Waals surface area (Å²) in [7, 11) is 2.13. The van der Waals surface area contributed by atoms with E-state index in [1.54, 1.807) is 11.3 Å². The SMILES string of the molecule is CN(c1ccccc1C(C)(C)C)c1cccc2c1sc1c(C#N)cccc12. The van der Waals surface area contributed by atoms with Crippen molar-refractivity contribution in [3.8, 4) is 6.07 Å². The van der Waals surface area contributed by atoms with E-state index in [0.717, 1.165) is 15.6 Å². The van der Waals surface area contributed by atoms with Crippen LogP contribution in [0.3, 0.4) is 0 Å². The molecule has 0 atom stereocenters. The Morgan fingerprint density at radius 2 is 1.44 bits per heavy atom. The summed E-state index contributed by atoms with van der Waals surface area (Å²) < 4.78 is 2.29. The number of hydrogen-bond donors (Lipinski definition) is 0. The summed E-state index contributed by atoms with van der Waals surface area (Å²) in [6, 6.07) is 23.4. The van der Waals surface area contributed by atoms with Gasteiger partial charge in [0, 0.05) is 23.5 Å². The van der Waals surface area contributed by atoms with Gasteiger partial charge in [0.05, 0.1) is 20.7 Å². The average Bonchev–Trinajstić information content (AvgIpc) is 3.05. The van der Waals surface area contributed by atoms with E-state index in [1.165, 1.54) is 27.0 Å². The van der Waals surface area contributed by atoms with E-state index in [4.69, 9.17) is 0 Å². The zero-order valence-electron chi connectivity index (χ0n) is 16.1. The molecule has 0 aliphatic rings. The topological polar surface area (TPSA) is 27.0 Å². The Labute approximate surface area is 164 Å². The smallest absolute Gasteiger partial charge is 0.101 e. The summed E-state index contributed by atoms with van der Waals surface area (Å²) in [6.45, 7) is 6.75. The highest BCUT2D eigenvalue weighted by molar-refractivity contribution is 7.26. The Morgan fingerprint density at radius 1 is 0.815 bits per heavy atom. The third kappa shape index (κ3) is 2.87. The Hall–Kier alpha value is -2.83. The van der Waals surface area contributed by atoms with Crippen LogP contribution in [0.2, 0.25) is 0 Å². The molecule has 3 heteroatoms. The molecule has 0 radical (unpaired) electrons. The fourth-order valence-electron chi connectivity index (χ4n) is 3.69. The lowest BCUT2D eigenvalue weighted by Crippen LogP contribution is -2.19.